The van der Waals surface area contributed by atoms with Gasteiger partial charge in [-0.25, -0.2) is 19.8 Å². The second kappa shape index (κ2) is 10.1. The van der Waals surface area contributed by atoms with Gasteiger partial charge in [0.25, 0.3) is 0 Å². The number of anilines is 1. The van der Waals surface area contributed by atoms with Crippen LogP contribution in [0.15, 0.2) is 55.0 Å². The van der Waals surface area contributed by atoms with Crippen LogP contribution in [0.25, 0.3) is 22.3 Å². The normalized spacial score (nSPS) is 25.2. The topological polar surface area (TPSA) is 108 Å². The molecule has 4 aromatic rings. The number of hydrogen-bond acceptors (Lipinski definition) is 6. The van der Waals surface area contributed by atoms with Gasteiger partial charge in [-0.1, -0.05) is 31.0 Å². The van der Waals surface area contributed by atoms with Crippen LogP contribution < -0.4 is 16.2 Å². The largest absolute Gasteiger partial charge is 0.339 e. The lowest BCUT2D eigenvalue weighted by molar-refractivity contribution is -0.119. The molecule has 1 aliphatic heterocycles. The first-order valence-corrected chi connectivity index (χ1v) is 14.0. The second-order valence-electron chi connectivity index (χ2n) is 11.2. The summed E-state index contributed by atoms with van der Waals surface area (Å²) in [6.45, 7) is 0. The van der Waals surface area contributed by atoms with Gasteiger partial charge in [-0.15, -0.1) is 0 Å². The standard InChI is InChI=1S/C30H32FN7O/c31-24-8-4-3-7-21(24)22-11-12-33-28-26(22)35-29(36-28)27-23-14-18(9-10-25(23)37-38-27)19-13-20(16-32-15-19)34-30(39)17-5-1-2-6-17/h3-4,7-8,11-13,15-18,23,25,27,37-38H,1-2,5-6,9-10,14H2,(H,34,39)(H,33,35,36). The van der Waals surface area contributed by atoms with E-state index in [0.29, 0.717) is 29.1 Å². The number of amides is 1. The van der Waals surface area contributed by atoms with Crippen LogP contribution in [-0.2, 0) is 4.79 Å². The van der Waals surface area contributed by atoms with E-state index in [4.69, 9.17) is 4.98 Å². The highest BCUT2D eigenvalue weighted by molar-refractivity contribution is 5.92. The molecule has 3 fully saturated rings. The summed E-state index contributed by atoms with van der Waals surface area (Å²) in [6, 6.07) is 11.0. The fourth-order valence-corrected chi connectivity index (χ4v) is 6.79. The van der Waals surface area contributed by atoms with Crippen molar-refractivity contribution in [3.8, 4) is 11.1 Å². The van der Waals surface area contributed by atoms with Gasteiger partial charge >= 0.3 is 0 Å². The molecule has 1 aromatic carbocycles. The highest BCUT2D eigenvalue weighted by atomic mass is 19.1. The zero-order chi connectivity index (χ0) is 26.3. The van der Waals surface area contributed by atoms with Crippen molar-refractivity contribution >= 4 is 22.8 Å². The average molecular weight is 526 g/mol. The van der Waals surface area contributed by atoms with Gasteiger partial charge in [0, 0.05) is 35.5 Å². The number of carbonyl (C=O) groups is 1. The summed E-state index contributed by atoms with van der Waals surface area (Å²) in [6.07, 6.45) is 12.6. The molecule has 0 radical (unpaired) electrons. The number of nitrogens with zero attached hydrogens (tertiary/aromatic N) is 3. The third-order valence-corrected chi connectivity index (χ3v) is 8.85. The minimum absolute atomic E-state index is 0.0290. The lowest BCUT2D eigenvalue weighted by Crippen LogP contribution is -2.34. The molecule has 8 nitrogen and oxygen atoms in total. The number of fused-ring (bicyclic) bond motifs is 2. The van der Waals surface area contributed by atoms with E-state index < -0.39 is 0 Å². The molecule has 2 saturated carbocycles. The quantitative estimate of drug-likeness (QED) is 0.278. The van der Waals surface area contributed by atoms with Crippen molar-refractivity contribution in [1.29, 1.82) is 0 Å². The van der Waals surface area contributed by atoms with Crippen LogP contribution >= 0.6 is 0 Å². The number of halogens is 1. The maximum atomic E-state index is 14.6. The van der Waals surface area contributed by atoms with Crippen molar-refractivity contribution in [2.75, 3.05) is 5.32 Å². The predicted molar refractivity (Wildman–Crippen MR) is 147 cm³/mol. The molecule has 0 bridgehead atoms. The number of H-pyrrole nitrogens is 1. The van der Waals surface area contributed by atoms with E-state index in [9.17, 15) is 9.18 Å². The molecule has 3 aliphatic rings. The Morgan fingerprint density at radius 1 is 1.00 bits per heavy atom. The molecule has 4 heterocycles. The van der Waals surface area contributed by atoms with E-state index in [0.717, 1.165) is 73.1 Å². The van der Waals surface area contributed by atoms with Crippen LogP contribution in [0.4, 0.5) is 10.1 Å². The number of imidazole rings is 1. The van der Waals surface area contributed by atoms with Crippen LogP contribution in [0, 0.1) is 17.7 Å². The summed E-state index contributed by atoms with van der Waals surface area (Å²) >= 11 is 0. The van der Waals surface area contributed by atoms with Crippen LogP contribution in [0.2, 0.25) is 0 Å². The molecule has 4 unspecified atom stereocenters. The smallest absolute Gasteiger partial charge is 0.227 e. The van der Waals surface area contributed by atoms with E-state index in [-0.39, 0.29) is 23.7 Å². The highest BCUT2D eigenvalue weighted by Crippen LogP contribution is 2.44. The third-order valence-electron chi connectivity index (χ3n) is 8.85. The van der Waals surface area contributed by atoms with Crippen LogP contribution in [-0.4, -0.2) is 31.9 Å². The Labute approximate surface area is 226 Å². The maximum Gasteiger partial charge on any atom is 0.227 e. The monoisotopic (exact) mass is 525 g/mol. The summed E-state index contributed by atoms with van der Waals surface area (Å²) in [7, 11) is 0. The fraction of sp³-hybridized carbons (Fsp3) is 0.400. The lowest BCUT2D eigenvalue weighted by Gasteiger charge is -2.33. The number of aromatic nitrogens is 4. The number of carbonyl (C=O) groups excluding carboxylic acids is 1. The van der Waals surface area contributed by atoms with Crippen molar-refractivity contribution in [2.45, 2.75) is 62.9 Å². The molecule has 0 spiro atoms. The number of rotatable bonds is 5. The molecular weight excluding hydrogens is 493 g/mol. The molecule has 3 aromatic heterocycles. The number of nitrogens with one attached hydrogen (secondary N) is 4. The molecule has 4 atom stereocenters. The summed E-state index contributed by atoms with van der Waals surface area (Å²) in [4.78, 5) is 29.9. The van der Waals surface area contributed by atoms with Gasteiger partial charge in [0.1, 0.15) is 11.6 Å². The molecule has 4 N–H and O–H groups in total. The van der Waals surface area contributed by atoms with Crippen LogP contribution in [0.5, 0.6) is 0 Å². The SMILES string of the molecule is O=C(Nc1cncc(C2CCC3NNC(c4nc5nccc(-c6ccccc6F)c5[nH]4)C3C2)c1)C1CCCC1. The van der Waals surface area contributed by atoms with Gasteiger partial charge in [-0.2, -0.15) is 0 Å². The molecule has 39 heavy (non-hydrogen) atoms. The first-order chi connectivity index (χ1) is 19.1. The van der Waals surface area contributed by atoms with E-state index >= 15 is 0 Å². The molecule has 1 saturated heterocycles. The van der Waals surface area contributed by atoms with Crippen LogP contribution in [0.1, 0.15) is 68.3 Å². The van der Waals surface area contributed by atoms with E-state index in [2.05, 4.69) is 37.2 Å². The number of hydrogen-bond donors (Lipinski definition) is 4. The zero-order valence-corrected chi connectivity index (χ0v) is 21.7. The van der Waals surface area contributed by atoms with Crippen molar-refractivity contribution in [3.63, 3.8) is 0 Å². The van der Waals surface area contributed by atoms with Crippen molar-refractivity contribution < 1.29 is 9.18 Å². The Kier molecular flexibility index (Phi) is 6.33. The number of benzene rings is 1. The zero-order valence-electron chi connectivity index (χ0n) is 21.7. The Balaban J connectivity index is 1.12. The third kappa shape index (κ3) is 4.59. The summed E-state index contributed by atoms with van der Waals surface area (Å²) < 4.78 is 14.6. The maximum absolute atomic E-state index is 14.6. The van der Waals surface area contributed by atoms with E-state index in [1.165, 1.54) is 6.07 Å². The first-order valence-electron chi connectivity index (χ1n) is 14.0. The van der Waals surface area contributed by atoms with Crippen molar-refractivity contribution in [2.24, 2.45) is 11.8 Å². The Morgan fingerprint density at radius 3 is 2.74 bits per heavy atom. The molecule has 7 rings (SSSR count). The average Bonchev–Trinajstić information content (AvgIpc) is 3.73. The second-order valence-corrected chi connectivity index (χ2v) is 11.2. The highest BCUT2D eigenvalue weighted by Gasteiger charge is 2.43. The molecule has 1 amide bonds. The van der Waals surface area contributed by atoms with E-state index in [1.807, 2.05) is 18.3 Å². The number of hydrazine groups is 1. The number of pyridine rings is 2. The molecule has 2 aliphatic carbocycles. The van der Waals surface area contributed by atoms with E-state index in [1.54, 1.807) is 24.5 Å². The summed E-state index contributed by atoms with van der Waals surface area (Å²) in [5.74, 6) is 1.41. The number of aromatic amines is 1. The predicted octanol–water partition coefficient (Wildman–Crippen LogP) is 5.39. The summed E-state index contributed by atoms with van der Waals surface area (Å²) in [5, 5.41) is 3.11. The molecule has 9 heteroatoms. The van der Waals surface area contributed by atoms with Gasteiger partial charge in [0.2, 0.25) is 5.91 Å². The minimum Gasteiger partial charge on any atom is -0.339 e. The van der Waals surface area contributed by atoms with Crippen molar-refractivity contribution in [3.05, 3.63) is 72.2 Å². The fourth-order valence-electron chi connectivity index (χ4n) is 6.79. The Morgan fingerprint density at radius 2 is 1.87 bits per heavy atom. The van der Waals surface area contributed by atoms with Gasteiger partial charge < -0.3 is 10.3 Å². The van der Waals surface area contributed by atoms with Crippen molar-refractivity contribution in [1.82, 2.24) is 30.8 Å². The van der Waals surface area contributed by atoms with Gasteiger partial charge in [0.05, 0.1) is 23.4 Å². The van der Waals surface area contributed by atoms with Gasteiger partial charge in [-0.3, -0.25) is 15.2 Å². The van der Waals surface area contributed by atoms with Gasteiger partial charge in [0.15, 0.2) is 5.65 Å². The van der Waals surface area contributed by atoms with Crippen LogP contribution in [0.3, 0.4) is 0 Å². The summed E-state index contributed by atoms with van der Waals surface area (Å²) in [5.41, 5.74) is 11.5. The lowest BCUT2D eigenvalue weighted by atomic mass is 9.73. The minimum atomic E-state index is -0.271. The molecular formula is C30H32FN7O. The Bertz CT molecular complexity index is 1510. The first kappa shape index (κ1) is 24.4. The molecule has 200 valence electrons. The van der Waals surface area contributed by atoms with Gasteiger partial charge in [-0.05, 0) is 67.7 Å². The Hall–Kier alpha value is -3.69.